The van der Waals surface area contributed by atoms with E-state index in [1.165, 1.54) is 37.9 Å². The monoisotopic (exact) mass is 325 g/mol. The second-order valence-corrected chi connectivity index (χ2v) is 6.24. The fraction of sp³-hybridized carbons (Fsp3) is 0.706. The summed E-state index contributed by atoms with van der Waals surface area (Å²) < 4.78 is 6.48. The van der Waals surface area contributed by atoms with Crippen molar-refractivity contribution in [2.45, 2.75) is 37.7 Å². The fourth-order valence-electron chi connectivity index (χ4n) is 3.56. The number of pyridine rings is 1. The Balaban J connectivity index is 0.00000176. The SMILES string of the molecule is Cl.c1cncc(C2(OCCN3CCCC3)CCCNCC2)c1. The molecular weight excluding hydrogens is 298 g/mol. The third kappa shape index (κ3) is 4.42. The van der Waals surface area contributed by atoms with Gasteiger partial charge in [-0.05, 0) is 64.3 Å². The molecule has 2 aliphatic rings. The van der Waals surface area contributed by atoms with Gasteiger partial charge in [-0.3, -0.25) is 4.98 Å². The van der Waals surface area contributed by atoms with Gasteiger partial charge in [0.15, 0.2) is 0 Å². The highest BCUT2D eigenvalue weighted by Crippen LogP contribution is 2.35. The highest BCUT2D eigenvalue weighted by Gasteiger charge is 2.34. The maximum Gasteiger partial charge on any atom is 0.0959 e. The molecule has 22 heavy (non-hydrogen) atoms. The predicted octanol–water partition coefficient (Wildman–Crippen LogP) is 2.58. The van der Waals surface area contributed by atoms with Gasteiger partial charge in [0, 0.05) is 24.5 Å². The number of halogens is 1. The van der Waals surface area contributed by atoms with Gasteiger partial charge < -0.3 is 15.0 Å². The topological polar surface area (TPSA) is 37.4 Å². The lowest BCUT2D eigenvalue weighted by Crippen LogP contribution is -2.34. The number of hydrogen-bond donors (Lipinski definition) is 1. The van der Waals surface area contributed by atoms with Crippen molar-refractivity contribution >= 4 is 12.4 Å². The molecule has 2 fully saturated rings. The Morgan fingerprint density at radius 2 is 2.05 bits per heavy atom. The molecule has 0 radical (unpaired) electrons. The van der Waals surface area contributed by atoms with Crippen molar-refractivity contribution in [1.82, 2.24) is 15.2 Å². The van der Waals surface area contributed by atoms with Gasteiger partial charge in [-0.25, -0.2) is 0 Å². The molecule has 1 N–H and O–H groups in total. The summed E-state index contributed by atoms with van der Waals surface area (Å²) in [5.41, 5.74) is 1.10. The lowest BCUT2D eigenvalue weighted by atomic mass is 9.87. The van der Waals surface area contributed by atoms with E-state index in [1.807, 2.05) is 18.5 Å². The minimum Gasteiger partial charge on any atom is -0.369 e. The van der Waals surface area contributed by atoms with E-state index in [0.29, 0.717) is 0 Å². The van der Waals surface area contributed by atoms with Crippen LogP contribution in [0.4, 0.5) is 0 Å². The van der Waals surface area contributed by atoms with E-state index >= 15 is 0 Å². The van der Waals surface area contributed by atoms with Gasteiger partial charge in [-0.1, -0.05) is 6.07 Å². The zero-order valence-electron chi connectivity index (χ0n) is 13.3. The second-order valence-electron chi connectivity index (χ2n) is 6.24. The van der Waals surface area contributed by atoms with Gasteiger partial charge in [0.25, 0.3) is 0 Å². The maximum atomic E-state index is 6.48. The molecule has 1 atom stereocenters. The van der Waals surface area contributed by atoms with Crippen molar-refractivity contribution in [3.63, 3.8) is 0 Å². The number of aromatic nitrogens is 1. The van der Waals surface area contributed by atoms with E-state index in [4.69, 9.17) is 4.74 Å². The van der Waals surface area contributed by atoms with E-state index in [0.717, 1.165) is 39.1 Å². The van der Waals surface area contributed by atoms with Crippen LogP contribution in [0.2, 0.25) is 0 Å². The van der Waals surface area contributed by atoms with Crippen LogP contribution < -0.4 is 5.32 Å². The number of nitrogens with one attached hydrogen (secondary N) is 1. The zero-order valence-corrected chi connectivity index (χ0v) is 14.1. The Kier molecular flexibility index (Phi) is 7.09. The van der Waals surface area contributed by atoms with Crippen LogP contribution in [0.3, 0.4) is 0 Å². The molecule has 0 saturated carbocycles. The van der Waals surface area contributed by atoms with Crippen LogP contribution >= 0.6 is 12.4 Å². The smallest absolute Gasteiger partial charge is 0.0959 e. The van der Waals surface area contributed by atoms with Crippen molar-refractivity contribution in [2.24, 2.45) is 0 Å². The van der Waals surface area contributed by atoms with Gasteiger partial charge in [-0.2, -0.15) is 0 Å². The van der Waals surface area contributed by atoms with Gasteiger partial charge >= 0.3 is 0 Å². The Morgan fingerprint density at radius 3 is 2.82 bits per heavy atom. The highest BCUT2D eigenvalue weighted by atomic mass is 35.5. The van der Waals surface area contributed by atoms with E-state index in [2.05, 4.69) is 21.3 Å². The molecule has 1 unspecified atom stereocenters. The Hall–Kier alpha value is -0.680. The third-order valence-electron chi connectivity index (χ3n) is 4.81. The van der Waals surface area contributed by atoms with E-state index in [-0.39, 0.29) is 18.0 Å². The van der Waals surface area contributed by atoms with E-state index < -0.39 is 0 Å². The Labute approximate surface area is 140 Å². The Bertz CT molecular complexity index is 415. The van der Waals surface area contributed by atoms with Crippen molar-refractivity contribution in [3.05, 3.63) is 30.1 Å². The van der Waals surface area contributed by atoms with Gasteiger partial charge in [0.1, 0.15) is 0 Å². The minimum absolute atomic E-state index is 0. The molecule has 0 aliphatic carbocycles. The highest BCUT2D eigenvalue weighted by molar-refractivity contribution is 5.85. The molecule has 2 saturated heterocycles. The summed E-state index contributed by atoms with van der Waals surface area (Å²) in [6.07, 6.45) is 9.82. The van der Waals surface area contributed by atoms with Crippen LogP contribution in [-0.2, 0) is 10.3 Å². The van der Waals surface area contributed by atoms with Crippen LogP contribution in [-0.4, -0.2) is 49.2 Å². The van der Waals surface area contributed by atoms with Crippen LogP contribution in [0.25, 0.3) is 0 Å². The molecule has 0 bridgehead atoms. The first kappa shape index (κ1) is 17.7. The van der Waals surface area contributed by atoms with Crippen LogP contribution in [0, 0.1) is 0 Å². The fourth-order valence-corrected chi connectivity index (χ4v) is 3.56. The molecule has 2 aliphatic heterocycles. The molecule has 124 valence electrons. The first-order valence-electron chi connectivity index (χ1n) is 8.37. The van der Waals surface area contributed by atoms with Crippen molar-refractivity contribution in [3.8, 4) is 0 Å². The standard InChI is InChI=1S/C17H27N3O.ClH/c1-2-12-20(11-1)13-14-21-17(6-4-9-18-10-7-17)16-5-3-8-19-15-16;/h3,5,8,15,18H,1-2,4,6-7,9-14H2;1H. The van der Waals surface area contributed by atoms with Crippen molar-refractivity contribution < 1.29 is 4.74 Å². The number of ether oxygens (including phenoxy) is 1. The summed E-state index contributed by atoms with van der Waals surface area (Å²) in [7, 11) is 0. The molecule has 5 heteroatoms. The van der Waals surface area contributed by atoms with Gasteiger partial charge in [-0.15, -0.1) is 12.4 Å². The first-order valence-corrected chi connectivity index (χ1v) is 8.37. The molecule has 0 amide bonds. The third-order valence-corrected chi connectivity index (χ3v) is 4.81. The van der Waals surface area contributed by atoms with E-state index in [1.54, 1.807) is 0 Å². The summed E-state index contributed by atoms with van der Waals surface area (Å²) in [6, 6.07) is 4.20. The molecule has 0 aromatic carbocycles. The molecule has 4 nitrogen and oxygen atoms in total. The number of likely N-dealkylation sites (tertiary alicyclic amines) is 1. The molecule has 0 spiro atoms. The van der Waals surface area contributed by atoms with Crippen LogP contribution in [0.5, 0.6) is 0 Å². The lowest BCUT2D eigenvalue weighted by Gasteiger charge is -2.34. The largest absolute Gasteiger partial charge is 0.369 e. The average Bonchev–Trinajstić information content (AvgIpc) is 2.93. The molecule has 3 heterocycles. The summed E-state index contributed by atoms with van der Waals surface area (Å²) in [4.78, 5) is 6.83. The van der Waals surface area contributed by atoms with Crippen LogP contribution in [0.15, 0.2) is 24.5 Å². The summed E-state index contributed by atoms with van der Waals surface area (Å²) >= 11 is 0. The average molecular weight is 326 g/mol. The zero-order chi connectivity index (χ0) is 14.4. The van der Waals surface area contributed by atoms with Gasteiger partial charge in [0.05, 0.1) is 12.2 Å². The predicted molar refractivity (Wildman–Crippen MR) is 91.5 cm³/mol. The summed E-state index contributed by atoms with van der Waals surface area (Å²) in [6.45, 7) is 6.50. The van der Waals surface area contributed by atoms with E-state index in [9.17, 15) is 0 Å². The first-order chi connectivity index (χ1) is 10.4. The van der Waals surface area contributed by atoms with Crippen molar-refractivity contribution in [2.75, 3.05) is 39.3 Å². The number of hydrogen-bond acceptors (Lipinski definition) is 4. The normalized spacial score (nSPS) is 26.4. The molecule has 1 aromatic heterocycles. The maximum absolute atomic E-state index is 6.48. The minimum atomic E-state index is -0.141. The van der Waals surface area contributed by atoms with Gasteiger partial charge in [0.2, 0.25) is 0 Å². The van der Waals surface area contributed by atoms with Crippen LogP contribution in [0.1, 0.15) is 37.7 Å². The summed E-state index contributed by atoms with van der Waals surface area (Å²) in [5.74, 6) is 0. The molecule has 3 rings (SSSR count). The quantitative estimate of drug-likeness (QED) is 0.903. The molecule has 1 aromatic rings. The number of rotatable bonds is 5. The number of nitrogens with zero attached hydrogens (tertiary/aromatic N) is 2. The second kappa shape index (κ2) is 8.82. The van der Waals surface area contributed by atoms with Crippen molar-refractivity contribution in [1.29, 1.82) is 0 Å². The Morgan fingerprint density at radius 1 is 1.18 bits per heavy atom. The molecular formula is C17H28ClN3O. The lowest BCUT2D eigenvalue weighted by molar-refractivity contribution is -0.0651. The summed E-state index contributed by atoms with van der Waals surface area (Å²) in [5, 5.41) is 3.49.